The zero-order chi connectivity index (χ0) is 22.0. The molecule has 0 saturated heterocycles. The molecule has 164 valence electrons. The predicted octanol–water partition coefficient (Wildman–Crippen LogP) is 2.83. The van der Waals surface area contributed by atoms with Crippen LogP contribution in [0.4, 0.5) is 16.2 Å². The number of aryl methyl sites for hydroxylation is 1. The minimum absolute atomic E-state index is 0.0118. The molecule has 0 aliphatic carbocycles. The van der Waals surface area contributed by atoms with Crippen molar-refractivity contribution in [3.05, 3.63) is 53.6 Å². The summed E-state index contributed by atoms with van der Waals surface area (Å²) in [4.78, 5) is 11.7. The van der Waals surface area contributed by atoms with Gasteiger partial charge in [-0.3, -0.25) is 0 Å². The Morgan fingerprint density at radius 2 is 2.03 bits per heavy atom. The molecule has 1 aliphatic rings. The lowest BCUT2D eigenvalue weighted by molar-refractivity contribution is 0.329. The zero-order valence-electron chi connectivity index (χ0n) is 17.4. The van der Waals surface area contributed by atoms with Gasteiger partial charge in [-0.2, -0.15) is 4.98 Å². The van der Waals surface area contributed by atoms with Gasteiger partial charge in [0.15, 0.2) is 9.84 Å². The largest absolute Gasteiger partial charge is 0.369 e. The first kappa shape index (κ1) is 21.5. The van der Waals surface area contributed by atoms with Crippen molar-refractivity contribution in [1.82, 2.24) is 9.97 Å². The molecule has 0 bridgehead atoms. The van der Waals surface area contributed by atoms with Gasteiger partial charge < -0.3 is 16.0 Å². The lowest BCUT2D eigenvalue weighted by atomic mass is 10.1. The number of nitrogens with one attached hydrogen (secondary N) is 1. The molecule has 31 heavy (non-hydrogen) atoms. The van der Waals surface area contributed by atoms with E-state index >= 15 is 0 Å². The summed E-state index contributed by atoms with van der Waals surface area (Å²) < 4.78 is 39.0. The molecule has 1 unspecified atom stereocenters. The van der Waals surface area contributed by atoms with Gasteiger partial charge in [0.1, 0.15) is 12.0 Å². The molecule has 1 aliphatic heterocycles. The molecule has 0 saturated carbocycles. The number of fused-ring (bicyclic) bond motifs is 2. The molecule has 1 aromatic heterocycles. The van der Waals surface area contributed by atoms with Crippen molar-refractivity contribution >= 4 is 32.5 Å². The van der Waals surface area contributed by atoms with E-state index in [0.29, 0.717) is 29.8 Å². The van der Waals surface area contributed by atoms with E-state index in [1.165, 1.54) is 0 Å². The first-order chi connectivity index (χ1) is 14.9. The van der Waals surface area contributed by atoms with Crippen LogP contribution in [-0.2, 0) is 16.4 Å². The number of rotatable bonds is 6. The molecule has 2 heterocycles. The van der Waals surface area contributed by atoms with Crippen LogP contribution in [0.2, 0.25) is 0 Å². The Hall–Kier alpha value is -2.78. The molecule has 4 rings (SSSR count). The fourth-order valence-corrected chi connectivity index (χ4v) is 5.20. The highest BCUT2D eigenvalue weighted by molar-refractivity contribution is 7.91. The maximum absolute atomic E-state index is 13.6. The SMILES string of the molecule is Cc1ccc2nc(N3CCS(=O)(=O)c4ccccc4C3)nc(NCCC(F)CN)c2c1. The molecule has 1 atom stereocenters. The van der Waals surface area contributed by atoms with Crippen molar-refractivity contribution in [3.63, 3.8) is 0 Å². The number of anilines is 2. The minimum Gasteiger partial charge on any atom is -0.369 e. The number of hydrogen-bond donors (Lipinski definition) is 2. The first-order valence-corrected chi connectivity index (χ1v) is 11.9. The number of benzene rings is 2. The second-order valence-corrected chi connectivity index (χ2v) is 9.87. The zero-order valence-corrected chi connectivity index (χ0v) is 18.2. The topological polar surface area (TPSA) is 101 Å². The number of sulfone groups is 1. The Morgan fingerprint density at radius 3 is 2.84 bits per heavy atom. The van der Waals surface area contributed by atoms with E-state index < -0.39 is 16.0 Å². The lowest BCUT2D eigenvalue weighted by Gasteiger charge is -2.22. The third kappa shape index (κ3) is 4.62. The number of nitrogens with two attached hydrogens (primary N) is 1. The molecule has 0 amide bonds. The highest BCUT2D eigenvalue weighted by Crippen LogP contribution is 2.28. The van der Waals surface area contributed by atoms with Crippen LogP contribution in [0.5, 0.6) is 0 Å². The summed E-state index contributed by atoms with van der Waals surface area (Å²) in [5.74, 6) is 1.04. The average molecular weight is 444 g/mol. The van der Waals surface area contributed by atoms with E-state index in [0.717, 1.165) is 22.0 Å². The van der Waals surface area contributed by atoms with Gasteiger partial charge >= 0.3 is 0 Å². The summed E-state index contributed by atoms with van der Waals surface area (Å²) in [6.07, 6.45) is -0.799. The Kier molecular flexibility index (Phi) is 6.06. The van der Waals surface area contributed by atoms with Gasteiger partial charge in [-0.05, 0) is 37.1 Å². The fourth-order valence-electron chi connectivity index (χ4n) is 3.70. The first-order valence-electron chi connectivity index (χ1n) is 10.3. The molecule has 2 aromatic carbocycles. The summed E-state index contributed by atoms with van der Waals surface area (Å²) in [5, 5.41) is 4.06. The lowest BCUT2D eigenvalue weighted by Crippen LogP contribution is -2.28. The molecule has 0 fully saturated rings. The summed E-state index contributed by atoms with van der Waals surface area (Å²) in [6.45, 7) is 3.03. The molecular formula is C22H26FN5O2S. The van der Waals surface area contributed by atoms with Crippen LogP contribution < -0.4 is 16.0 Å². The highest BCUT2D eigenvalue weighted by atomic mass is 32.2. The third-order valence-electron chi connectivity index (χ3n) is 5.43. The number of aromatic nitrogens is 2. The van der Waals surface area contributed by atoms with Crippen LogP contribution in [0.15, 0.2) is 47.4 Å². The summed E-state index contributed by atoms with van der Waals surface area (Å²) in [5.41, 5.74) is 7.91. The maximum Gasteiger partial charge on any atom is 0.228 e. The minimum atomic E-state index is -3.37. The Balaban J connectivity index is 1.71. The molecule has 9 heteroatoms. The average Bonchev–Trinajstić information content (AvgIpc) is 2.89. The van der Waals surface area contributed by atoms with E-state index in [4.69, 9.17) is 15.7 Å². The molecule has 0 spiro atoms. The number of halogens is 1. The van der Waals surface area contributed by atoms with Crippen LogP contribution in [0.3, 0.4) is 0 Å². The van der Waals surface area contributed by atoms with Gasteiger partial charge in [-0.1, -0.05) is 29.8 Å². The molecule has 3 N–H and O–H groups in total. The van der Waals surface area contributed by atoms with Gasteiger partial charge in [0, 0.05) is 31.6 Å². The van der Waals surface area contributed by atoms with Crippen LogP contribution in [0.25, 0.3) is 10.9 Å². The summed E-state index contributed by atoms with van der Waals surface area (Å²) in [6, 6.07) is 12.9. The summed E-state index contributed by atoms with van der Waals surface area (Å²) in [7, 11) is -3.37. The standard InChI is InChI=1S/C22H26FN5O2S/c1-15-6-7-19-18(12-15)21(25-9-8-17(23)13-24)27-22(26-19)28-10-11-31(29,30)20-5-3-2-4-16(20)14-28/h2-7,12,17H,8-11,13-14,24H2,1H3,(H,25,26,27). The van der Waals surface area contributed by atoms with Crippen LogP contribution in [0, 0.1) is 6.92 Å². The fraction of sp³-hybridized carbons (Fsp3) is 0.364. The smallest absolute Gasteiger partial charge is 0.228 e. The van der Waals surface area contributed by atoms with Gasteiger partial charge in [0.05, 0.1) is 16.2 Å². The Morgan fingerprint density at radius 1 is 1.23 bits per heavy atom. The van der Waals surface area contributed by atoms with E-state index in [9.17, 15) is 12.8 Å². The quantitative estimate of drug-likeness (QED) is 0.604. The molecule has 7 nitrogen and oxygen atoms in total. The van der Waals surface area contributed by atoms with E-state index in [-0.39, 0.29) is 25.3 Å². The van der Waals surface area contributed by atoms with E-state index in [1.54, 1.807) is 12.1 Å². The van der Waals surface area contributed by atoms with Crippen molar-refractivity contribution < 1.29 is 12.8 Å². The monoisotopic (exact) mass is 443 g/mol. The second-order valence-electron chi connectivity index (χ2n) is 7.79. The van der Waals surface area contributed by atoms with Crippen molar-refractivity contribution in [2.75, 3.05) is 35.6 Å². The van der Waals surface area contributed by atoms with Crippen LogP contribution in [-0.4, -0.2) is 49.9 Å². The Bertz CT molecular complexity index is 1200. The third-order valence-corrected chi connectivity index (χ3v) is 7.22. The Labute approximate surface area is 181 Å². The van der Waals surface area contributed by atoms with E-state index in [1.807, 2.05) is 42.2 Å². The van der Waals surface area contributed by atoms with Crippen LogP contribution >= 0.6 is 0 Å². The van der Waals surface area contributed by atoms with Crippen molar-refractivity contribution in [2.24, 2.45) is 5.73 Å². The second kappa shape index (κ2) is 8.76. The van der Waals surface area contributed by atoms with Crippen LogP contribution in [0.1, 0.15) is 17.5 Å². The van der Waals surface area contributed by atoms with Crippen molar-refractivity contribution in [1.29, 1.82) is 0 Å². The normalized spacial score (nSPS) is 16.5. The van der Waals surface area contributed by atoms with Gasteiger partial charge in [0.2, 0.25) is 5.95 Å². The number of hydrogen-bond acceptors (Lipinski definition) is 7. The van der Waals surface area contributed by atoms with Gasteiger partial charge in [-0.15, -0.1) is 0 Å². The number of alkyl halides is 1. The van der Waals surface area contributed by atoms with Gasteiger partial charge in [-0.25, -0.2) is 17.8 Å². The van der Waals surface area contributed by atoms with Gasteiger partial charge in [0.25, 0.3) is 0 Å². The highest BCUT2D eigenvalue weighted by Gasteiger charge is 2.26. The molecule has 3 aromatic rings. The number of nitrogens with zero attached hydrogens (tertiary/aromatic N) is 3. The van der Waals surface area contributed by atoms with E-state index in [2.05, 4.69) is 5.32 Å². The maximum atomic E-state index is 13.6. The predicted molar refractivity (Wildman–Crippen MR) is 121 cm³/mol. The molecule has 0 radical (unpaired) electrons. The molecular weight excluding hydrogens is 417 g/mol. The van der Waals surface area contributed by atoms with Crippen molar-refractivity contribution in [3.8, 4) is 0 Å². The van der Waals surface area contributed by atoms with Crippen molar-refractivity contribution in [2.45, 2.75) is 31.0 Å². The summed E-state index contributed by atoms with van der Waals surface area (Å²) >= 11 is 0.